The Morgan fingerprint density at radius 2 is 2.00 bits per heavy atom. The Balaban J connectivity index is 2.62. The number of carbonyl (C=O) groups is 1. The third kappa shape index (κ3) is 4.36. The standard InChI is InChI=1S/C12H18BrN3O/c1-15(2)12(17)8-16(3)7-9-4-5-10(13)6-11(9)14/h4-6H,7-8,14H2,1-3H3. The van der Waals surface area contributed by atoms with Crippen LogP contribution in [0.15, 0.2) is 22.7 Å². The highest BCUT2D eigenvalue weighted by atomic mass is 79.9. The second kappa shape index (κ2) is 6.02. The summed E-state index contributed by atoms with van der Waals surface area (Å²) in [5, 5.41) is 0. The molecule has 0 unspecified atom stereocenters. The van der Waals surface area contributed by atoms with Gasteiger partial charge in [0.25, 0.3) is 0 Å². The van der Waals surface area contributed by atoms with Crippen LogP contribution in [0.5, 0.6) is 0 Å². The van der Waals surface area contributed by atoms with Gasteiger partial charge in [0.2, 0.25) is 5.91 Å². The summed E-state index contributed by atoms with van der Waals surface area (Å²) in [4.78, 5) is 15.1. The van der Waals surface area contributed by atoms with Gasteiger partial charge in [-0.05, 0) is 24.7 Å². The Hall–Kier alpha value is -1.07. The number of nitrogens with zero attached hydrogens (tertiary/aromatic N) is 2. The van der Waals surface area contributed by atoms with E-state index < -0.39 is 0 Å². The van der Waals surface area contributed by atoms with Crippen molar-refractivity contribution in [3.8, 4) is 0 Å². The van der Waals surface area contributed by atoms with Crippen LogP contribution in [-0.4, -0.2) is 43.4 Å². The van der Waals surface area contributed by atoms with Crippen LogP contribution in [0.2, 0.25) is 0 Å². The first-order chi connectivity index (χ1) is 7.90. The van der Waals surface area contributed by atoms with E-state index in [0.717, 1.165) is 15.7 Å². The highest BCUT2D eigenvalue weighted by Crippen LogP contribution is 2.19. The van der Waals surface area contributed by atoms with Crippen molar-refractivity contribution in [3.63, 3.8) is 0 Å². The lowest BCUT2D eigenvalue weighted by atomic mass is 10.2. The van der Waals surface area contributed by atoms with Crippen molar-refractivity contribution < 1.29 is 4.79 Å². The number of carbonyl (C=O) groups excluding carboxylic acids is 1. The molecule has 0 saturated carbocycles. The molecule has 1 amide bonds. The average molecular weight is 300 g/mol. The van der Waals surface area contributed by atoms with Gasteiger partial charge in [-0.3, -0.25) is 9.69 Å². The molecule has 5 heteroatoms. The third-order valence-corrected chi connectivity index (χ3v) is 2.95. The van der Waals surface area contributed by atoms with Crippen LogP contribution >= 0.6 is 15.9 Å². The number of anilines is 1. The number of hydrogen-bond donors (Lipinski definition) is 1. The first kappa shape index (κ1) is 14.0. The topological polar surface area (TPSA) is 49.6 Å². The van der Waals surface area contributed by atoms with Gasteiger partial charge in [-0.15, -0.1) is 0 Å². The van der Waals surface area contributed by atoms with Gasteiger partial charge in [0.05, 0.1) is 6.54 Å². The number of nitrogen functional groups attached to an aromatic ring is 1. The lowest BCUT2D eigenvalue weighted by Crippen LogP contribution is -2.34. The Kier molecular flexibility index (Phi) is 4.96. The number of halogens is 1. The zero-order valence-electron chi connectivity index (χ0n) is 10.4. The number of hydrogen-bond acceptors (Lipinski definition) is 3. The van der Waals surface area contributed by atoms with Crippen LogP contribution in [0.1, 0.15) is 5.56 Å². The van der Waals surface area contributed by atoms with E-state index in [2.05, 4.69) is 15.9 Å². The molecule has 0 saturated heterocycles. The smallest absolute Gasteiger partial charge is 0.236 e. The van der Waals surface area contributed by atoms with Gasteiger partial charge in [0, 0.05) is 30.8 Å². The number of likely N-dealkylation sites (N-methyl/N-ethyl adjacent to an activating group) is 2. The van der Waals surface area contributed by atoms with E-state index in [-0.39, 0.29) is 5.91 Å². The lowest BCUT2D eigenvalue weighted by Gasteiger charge is -2.19. The Morgan fingerprint density at radius 1 is 1.35 bits per heavy atom. The molecule has 0 atom stereocenters. The fraction of sp³-hybridized carbons (Fsp3) is 0.417. The lowest BCUT2D eigenvalue weighted by molar-refractivity contribution is -0.129. The predicted octanol–water partition coefficient (Wildman–Crippen LogP) is 1.55. The van der Waals surface area contributed by atoms with Crippen molar-refractivity contribution in [1.82, 2.24) is 9.80 Å². The molecule has 17 heavy (non-hydrogen) atoms. The zero-order chi connectivity index (χ0) is 13.0. The van der Waals surface area contributed by atoms with Gasteiger partial charge in [0.15, 0.2) is 0 Å². The number of rotatable bonds is 4. The van der Waals surface area contributed by atoms with E-state index in [1.54, 1.807) is 19.0 Å². The SMILES string of the molecule is CN(CC(=O)N(C)C)Cc1ccc(Br)cc1N. The summed E-state index contributed by atoms with van der Waals surface area (Å²) in [6, 6.07) is 5.79. The average Bonchev–Trinajstić information content (AvgIpc) is 2.22. The van der Waals surface area contributed by atoms with E-state index in [9.17, 15) is 4.79 Å². The Morgan fingerprint density at radius 3 is 2.53 bits per heavy atom. The maximum Gasteiger partial charge on any atom is 0.236 e. The highest BCUT2D eigenvalue weighted by molar-refractivity contribution is 9.10. The molecule has 0 heterocycles. The summed E-state index contributed by atoms with van der Waals surface area (Å²) in [7, 11) is 5.41. The highest BCUT2D eigenvalue weighted by Gasteiger charge is 2.10. The van der Waals surface area contributed by atoms with Crippen LogP contribution in [0.4, 0.5) is 5.69 Å². The van der Waals surface area contributed by atoms with Crippen molar-refractivity contribution in [1.29, 1.82) is 0 Å². The maximum atomic E-state index is 11.5. The molecule has 2 N–H and O–H groups in total. The first-order valence-corrected chi connectivity index (χ1v) is 6.12. The molecule has 0 aromatic heterocycles. The molecule has 0 aliphatic heterocycles. The Bertz CT molecular complexity index is 407. The van der Waals surface area contributed by atoms with Crippen molar-refractivity contribution in [2.24, 2.45) is 0 Å². The fourth-order valence-corrected chi connectivity index (χ4v) is 1.81. The quantitative estimate of drug-likeness (QED) is 0.858. The van der Waals surface area contributed by atoms with Crippen molar-refractivity contribution in [2.45, 2.75) is 6.54 Å². The minimum absolute atomic E-state index is 0.0863. The predicted molar refractivity (Wildman–Crippen MR) is 73.6 cm³/mol. The minimum Gasteiger partial charge on any atom is -0.398 e. The third-order valence-electron chi connectivity index (χ3n) is 2.45. The van der Waals surface area contributed by atoms with Gasteiger partial charge in [-0.2, -0.15) is 0 Å². The van der Waals surface area contributed by atoms with Crippen molar-refractivity contribution in [3.05, 3.63) is 28.2 Å². The van der Waals surface area contributed by atoms with E-state index in [1.807, 2.05) is 30.1 Å². The molecule has 4 nitrogen and oxygen atoms in total. The van der Waals surface area contributed by atoms with Crippen LogP contribution in [0.3, 0.4) is 0 Å². The maximum absolute atomic E-state index is 11.5. The second-order valence-electron chi connectivity index (χ2n) is 4.30. The molecule has 0 radical (unpaired) electrons. The van der Waals surface area contributed by atoms with Gasteiger partial charge >= 0.3 is 0 Å². The fourth-order valence-electron chi connectivity index (χ4n) is 1.43. The zero-order valence-corrected chi connectivity index (χ0v) is 12.0. The summed E-state index contributed by atoms with van der Waals surface area (Å²) >= 11 is 3.37. The van der Waals surface area contributed by atoms with E-state index >= 15 is 0 Å². The molecule has 0 spiro atoms. The molecule has 1 rings (SSSR count). The molecular formula is C12H18BrN3O. The minimum atomic E-state index is 0.0863. The largest absolute Gasteiger partial charge is 0.398 e. The van der Waals surface area contributed by atoms with Gasteiger partial charge in [-0.25, -0.2) is 0 Å². The van der Waals surface area contributed by atoms with Gasteiger partial charge in [-0.1, -0.05) is 22.0 Å². The molecule has 0 aliphatic carbocycles. The molecule has 0 bridgehead atoms. The van der Waals surface area contributed by atoms with Gasteiger partial charge < -0.3 is 10.6 Å². The summed E-state index contributed by atoms with van der Waals surface area (Å²) in [6.07, 6.45) is 0. The van der Waals surface area contributed by atoms with Crippen LogP contribution in [-0.2, 0) is 11.3 Å². The number of benzene rings is 1. The molecule has 94 valence electrons. The van der Waals surface area contributed by atoms with Crippen LogP contribution < -0.4 is 5.73 Å². The summed E-state index contributed by atoms with van der Waals surface area (Å²) in [5.74, 6) is 0.0863. The summed E-state index contributed by atoms with van der Waals surface area (Å²) in [6.45, 7) is 1.06. The van der Waals surface area contributed by atoms with E-state index in [4.69, 9.17) is 5.73 Å². The number of amides is 1. The summed E-state index contributed by atoms with van der Waals surface area (Å²) in [5.41, 5.74) is 7.68. The second-order valence-corrected chi connectivity index (χ2v) is 5.22. The van der Waals surface area contributed by atoms with Crippen LogP contribution in [0, 0.1) is 0 Å². The summed E-state index contributed by atoms with van der Waals surface area (Å²) < 4.78 is 0.964. The Labute approximate surface area is 111 Å². The van der Waals surface area contributed by atoms with E-state index in [1.165, 1.54) is 0 Å². The number of nitrogens with two attached hydrogens (primary N) is 1. The molecule has 1 aromatic carbocycles. The molecule has 0 fully saturated rings. The molecule has 1 aromatic rings. The molecular weight excluding hydrogens is 282 g/mol. The first-order valence-electron chi connectivity index (χ1n) is 5.32. The monoisotopic (exact) mass is 299 g/mol. The van der Waals surface area contributed by atoms with Gasteiger partial charge in [0.1, 0.15) is 0 Å². The van der Waals surface area contributed by atoms with Crippen molar-refractivity contribution in [2.75, 3.05) is 33.4 Å². The normalized spacial score (nSPS) is 10.6. The molecule has 0 aliphatic rings. The van der Waals surface area contributed by atoms with E-state index in [0.29, 0.717) is 13.1 Å². The van der Waals surface area contributed by atoms with Crippen molar-refractivity contribution >= 4 is 27.5 Å². The van der Waals surface area contributed by atoms with Crippen LogP contribution in [0.25, 0.3) is 0 Å².